The number of thiazole rings is 1. The third kappa shape index (κ3) is 3.06. The molecule has 0 saturated heterocycles. The number of hydrogen-bond donors (Lipinski definition) is 2. The van der Waals surface area contributed by atoms with Crippen molar-refractivity contribution in [2.75, 3.05) is 4.90 Å². The number of aliphatic hydroxyl groups excluding tert-OH is 1. The predicted octanol–water partition coefficient (Wildman–Crippen LogP) is 4.52. The summed E-state index contributed by atoms with van der Waals surface area (Å²) in [4.78, 5) is 31.8. The first-order valence-electron chi connectivity index (χ1n) is 9.14. The predicted molar refractivity (Wildman–Crippen MR) is 111 cm³/mol. The van der Waals surface area contributed by atoms with Crippen molar-refractivity contribution in [2.24, 2.45) is 0 Å². The van der Waals surface area contributed by atoms with Crippen LogP contribution in [0.5, 0.6) is 5.75 Å². The Morgan fingerprint density at radius 1 is 1.13 bits per heavy atom. The molecule has 2 aromatic carbocycles. The number of hydrogen-bond acceptors (Lipinski definition) is 7. The molecular weight excluding hydrogens is 423 g/mol. The number of anilines is 1. The lowest BCUT2D eigenvalue weighted by Crippen LogP contribution is -2.30. The number of nitrogens with zero attached hydrogens (tertiary/aromatic N) is 2. The molecule has 7 nitrogen and oxygen atoms in total. The van der Waals surface area contributed by atoms with Gasteiger partial charge in [-0.25, -0.2) is 9.37 Å². The van der Waals surface area contributed by atoms with E-state index in [1.54, 1.807) is 12.1 Å². The van der Waals surface area contributed by atoms with Crippen LogP contribution in [0.2, 0.25) is 0 Å². The van der Waals surface area contributed by atoms with E-state index in [2.05, 4.69) is 4.98 Å². The molecule has 4 aromatic rings. The number of Topliss-reactive ketones (excluding diaryl/α,β-unsaturated/α-hetero) is 1. The molecule has 9 heteroatoms. The standard InChI is InChI=1S/C22H13FN2O5S/c23-12-5-8-14-16(10-12)31-22(24-14)25-18(11-3-6-13(26)7-4-11)17(20(28)21(25)29)19(27)15-2-1-9-30-15/h1-10,18,26,28H. The van der Waals surface area contributed by atoms with Gasteiger partial charge in [0.2, 0.25) is 5.78 Å². The molecule has 2 aromatic heterocycles. The summed E-state index contributed by atoms with van der Waals surface area (Å²) < 4.78 is 19.3. The number of benzene rings is 2. The van der Waals surface area contributed by atoms with Crippen molar-refractivity contribution in [3.05, 3.63) is 89.3 Å². The third-order valence-corrected chi connectivity index (χ3v) is 5.97. The molecule has 2 N–H and O–H groups in total. The highest BCUT2D eigenvalue weighted by Gasteiger charge is 2.46. The average Bonchev–Trinajstić information content (AvgIpc) is 3.47. The summed E-state index contributed by atoms with van der Waals surface area (Å²) >= 11 is 1.06. The van der Waals surface area contributed by atoms with Gasteiger partial charge in [-0.3, -0.25) is 14.5 Å². The van der Waals surface area contributed by atoms with E-state index in [-0.39, 0.29) is 22.2 Å². The van der Waals surface area contributed by atoms with E-state index < -0.39 is 29.3 Å². The van der Waals surface area contributed by atoms with Crippen LogP contribution in [-0.4, -0.2) is 26.9 Å². The van der Waals surface area contributed by atoms with Crippen LogP contribution >= 0.6 is 11.3 Å². The summed E-state index contributed by atoms with van der Waals surface area (Å²) in [6, 6.07) is 11.9. The maximum Gasteiger partial charge on any atom is 0.296 e. The van der Waals surface area contributed by atoms with Gasteiger partial charge >= 0.3 is 0 Å². The van der Waals surface area contributed by atoms with E-state index in [0.717, 1.165) is 11.3 Å². The Labute approximate surface area is 178 Å². The van der Waals surface area contributed by atoms with E-state index in [1.165, 1.54) is 53.6 Å². The maximum atomic E-state index is 13.6. The quantitative estimate of drug-likeness (QED) is 0.456. The number of carbonyl (C=O) groups is 2. The number of aliphatic hydroxyl groups is 1. The Balaban J connectivity index is 1.68. The summed E-state index contributed by atoms with van der Waals surface area (Å²) in [6.45, 7) is 0. The van der Waals surface area contributed by atoms with Crippen molar-refractivity contribution in [3.8, 4) is 5.75 Å². The Kier molecular flexibility index (Phi) is 4.33. The molecule has 0 radical (unpaired) electrons. The van der Waals surface area contributed by atoms with Crippen LogP contribution in [0.4, 0.5) is 9.52 Å². The monoisotopic (exact) mass is 436 g/mol. The first kappa shape index (κ1) is 19.0. The van der Waals surface area contributed by atoms with Crippen molar-refractivity contribution >= 4 is 38.4 Å². The molecule has 3 heterocycles. The summed E-state index contributed by atoms with van der Waals surface area (Å²) in [7, 11) is 0. The zero-order valence-electron chi connectivity index (χ0n) is 15.7. The molecule has 31 heavy (non-hydrogen) atoms. The Morgan fingerprint density at radius 2 is 1.90 bits per heavy atom. The number of aromatic nitrogens is 1. The minimum absolute atomic E-state index is 0.00204. The van der Waals surface area contributed by atoms with Gasteiger partial charge in [-0.1, -0.05) is 23.5 Å². The van der Waals surface area contributed by atoms with Crippen LogP contribution in [0.3, 0.4) is 0 Å². The Morgan fingerprint density at radius 3 is 2.61 bits per heavy atom. The van der Waals surface area contributed by atoms with E-state index in [4.69, 9.17) is 4.42 Å². The second-order valence-electron chi connectivity index (χ2n) is 6.85. The van der Waals surface area contributed by atoms with Gasteiger partial charge in [-0.15, -0.1) is 0 Å². The second kappa shape index (κ2) is 7.06. The van der Waals surface area contributed by atoms with Crippen molar-refractivity contribution in [1.82, 2.24) is 4.98 Å². The molecule has 154 valence electrons. The molecule has 0 bridgehead atoms. The normalized spacial score (nSPS) is 16.5. The summed E-state index contributed by atoms with van der Waals surface area (Å²) in [5.41, 5.74) is 0.774. The van der Waals surface area contributed by atoms with Crippen molar-refractivity contribution in [2.45, 2.75) is 6.04 Å². The van der Waals surface area contributed by atoms with Gasteiger partial charge in [-0.05, 0) is 48.0 Å². The van der Waals surface area contributed by atoms with Crippen molar-refractivity contribution in [1.29, 1.82) is 0 Å². The molecule has 0 spiro atoms. The summed E-state index contributed by atoms with van der Waals surface area (Å²) in [5.74, 6) is -2.66. The highest BCUT2D eigenvalue weighted by Crippen LogP contribution is 2.44. The van der Waals surface area contributed by atoms with Crippen LogP contribution in [0.25, 0.3) is 10.2 Å². The Hall–Kier alpha value is -3.98. The lowest BCUT2D eigenvalue weighted by atomic mass is 9.95. The van der Waals surface area contributed by atoms with E-state index in [0.29, 0.717) is 15.8 Å². The highest BCUT2D eigenvalue weighted by atomic mass is 32.1. The minimum atomic E-state index is -1.02. The number of carbonyl (C=O) groups excluding carboxylic acids is 2. The molecule has 1 atom stereocenters. The van der Waals surface area contributed by atoms with E-state index in [9.17, 15) is 24.2 Å². The zero-order valence-corrected chi connectivity index (χ0v) is 16.5. The number of fused-ring (bicyclic) bond motifs is 1. The number of halogens is 1. The first-order chi connectivity index (χ1) is 14.9. The number of phenolic OH excluding ortho intramolecular Hbond substituents is 1. The van der Waals surface area contributed by atoms with Crippen LogP contribution < -0.4 is 4.90 Å². The van der Waals surface area contributed by atoms with Gasteiger partial charge in [-0.2, -0.15) is 0 Å². The molecule has 0 aliphatic carbocycles. The van der Waals surface area contributed by atoms with Crippen LogP contribution in [-0.2, 0) is 4.79 Å². The molecule has 1 amide bonds. The molecule has 1 aliphatic heterocycles. The summed E-state index contributed by atoms with van der Waals surface area (Å²) in [5, 5.41) is 20.5. The Bertz CT molecular complexity index is 1360. The zero-order chi connectivity index (χ0) is 21.7. The lowest BCUT2D eigenvalue weighted by molar-refractivity contribution is -0.117. The van der Waals surface area contributed by atoms with E-state index in [1.807, 2.05) is 0 Å². The largest absolute Gasteiger partial charge is 0.508 e. The lowest BCUT2D eigenvalue weighted by Gasteiger charge is -2.24. The van der Waals surface area contributed by atoms with Gasteiger partial charge in [0, 0.05) is 0 Å². The molecule has 0 fully saturated rings. The van der Waals surface area contributed by atoms with E-state index >= 15 is 0 Å². The fraction of sp³-hybridized carbons (Fsp3) is 0.0455. The van der Waals surface area contributed by atoms with Crippen molar-refractivity contribution < 1.29 is 28.6 Å². The number of rotatable bonds is 4. The molecular formula is C22H13FN2O5S. The van der Waals surface area contributed by atoms with Crippen LogP contribution in [0.15, 0.2) is 76.6 Å². The fourth-order valence-electron chi connectivity index (χ4n) is 3.54. The highest BCUT2D eigenvalue weighted by molar-refractivity contribution is 7.22. The van der Waals surface area contributed by atoms with Gasteiger partial charge in [0.25, 0.3) is 5.91 Å². The van der Waals surface area contributed by atoms with Gasteiger partial charge < -0.3 is 14.6 Å². The molecule has 5 rings (SSSR count). The number of phenols is 1. The molecule has 1 aliphatic rings. The fourth-order valence-corrected chi connectivity index (χ4v) is 4.55. The van der Waals surface area contributed by atoms with Crippen molar-refractivity contribution in [3.63, 3.8) is 0 Å². The SMILES string of the molecule is O=C(C1=C(O)C(=O)N(c2nc3ccc(F)cc3s2)C1c1ccc(O)cc1)c1ccco1. The average molecular weight is 436 g/mol. The summed E-state index contributed by atoms with van der Waals surface area (Å²) in [6.07, 6.45) is 1.32. The third-order valence-electron chi connectivity index (χ3n) is 4.95. The minimum Gasteiger partial charge on any atom is -0.508 e. The maximum absolute atomic E-state index is 13.6. The van der Waals surface area contributed by atoms with Gasteiger partial charge in [0.15, 0.2) is 16.7 Å². The van der Waals surface area contributed by atoms with Crippen LogP contribution in [0.1, 0.15) is 22.2 Å². The van der Waals surface area contributed by atoms with Gasteiger partial charge in [0.05, 0.1) is 28.1 Å². The van der Waals surface area contributed by atoms with Gasteiger partial charge in [0.1, 0.15) is 11.6 Å². The smallest absolute Gasteiger partial charge is 0.296 e. The number of aromatic hydroxyl groups is 1. The molecule has 0 saturated carbocycles. The number of amides is 1. The first-order valence-corrected chi connectivity index (χ1v) is 9.95. The topological polar surface area (TPSA) is 104 Å². The molecule has 1 unspecified atom stereocenters. The number of ketones is 1. The second-order valence-corrected chi connectivity index (χ2v) is 7.86. The number of furan rings is 1. The van der Waals surface area contributed by atoms with Crippen LogP contribution in [0, 0.1) is 5.82 Å².